The molecule has 1 saturated carbocycles. The van der Waals surface area contributed by atoms with Crippen LogP contribution < -0.4 is 4.74 Å². The molecule has 0 atom stereocenters. The van der Waals surface area contributed by atoms with Crippen molar-refractivity contribution in [1.82, 2.24) is 0 Å². The van der Waals surface area contributed by atoms with Crippen LogP contribution in [0.25, 0.3) is 5.57 Å². The zero-order chi connectivity index (χ0) is 11.7. The van der Waals surface area contributed by atoms with E-state index in [1.54, 1.807) is 12.1 Å². The molecular weight excluding hydrogens is 214 g/mol. The average molecular weight is 227 g/mol. The highest BCUT2D eigenvalue weighted by Gasteiger charge is 2.28. The molecule has 1 aromatic rings. The van der Waals surface area contributed by atoms with Gasteiger partial charge in [0.1, 0.15) is 5.75 Å². The van der Waals surface area contributed by atoms with Crippen molar-refractivity contribution in [2.75, 3.05) is 6.54 Å². The van der Waals surface area contributed by atoms with Gasteiger partial charge in [0.2, 0.25) is 0 Å². The summed E-state index contributed by atoms with van der Waals surface area (Å²) in [5.74, 6) is 1.29. The Morgan fingerprint density at radius 3 is 2.65 bits per heavy atom. The van der Waals surface area contributed by atoms with Crippen molar-refractivity contribution in [1.29, 1.82) is 0 Å². The number of ether oxygens (including phenoxy) is 1. The molecule has 0 spiro atoms. The van der Waals surface area contributed by atoms with Crippen molar-refractivity contribution >= 4 is 17.8 Å². The third-order valence-corrected chi connectivity index (χ3v) is 3.16. The van der Waals surface area contributed by atoms with Gasteiger partial charge in [-0.1, -0.05) is 12.1 Å². The van der Waals surface area contributed by atoms with Crippen LogP contribution in [0, 0.1) is 5.92 Å². The summed E-state index contributed by atoms with van der Waals surface area (Å²) in [6, 6.07) is 7.55. The molecule has 0 N–H and O–H groups in total. The maximum atomic E-state index is 10.2. The van der Waals surface area contributed by atoms with Crippen LogP contribution in [0.1, 0.15) is 18.4 Å². The lowest BCUT2D eigenvalue weighted by molar-refractivity contribution is -0.120. The molecule has 0 saturated heterocycles. The van der Waals surface area contributed by atoms with Crippen LogP contribution in [0.2, 0.25) is 0 Å². The van der Waals surface area contributed by atoms with Gasteiger partial charge in [0.05, 0.1) is 6.54 Å². The fourth-order valence-electron chi connectivity index (χ4n) is 2.05. The highest BCUT2D eigenvalue weighted by Crippen LogP contribution is 2.34. The van der Waals surface area contributed by atoms with Gasteiger partial charge in [-0.05, 0) is 42.2 Å². The van der Waals surface area contributed by atoms with E-state index in [9.17, 15) is 4.79 Å². The largest absolute Gasteiger partial charge is 0.429 e. The van der Waals surface area contributed by atoms with Gasteiger partial charge in [-0.25, -0.2) is 0 Å². The molecule has 0 unspecified atom stereocenters. The first-order valence-electron chi connectivity index (χ1n) is 5.82. The molecule has 2 aliphatic rings. The highest BCUT2D eigenvalue weighted by molar-refractivity contribution is 6.07. The van der Waals surface area contributed by atoms with Crippen molar-refractivity contribution in [3.05, 3.63) is 35.9 Å². The Hall–Kier alpha value is -1.90. The number of nitrogens with zero attached hydrogens (tertiary/aromatic N) is 1. The van der Waals surface area contributed by atoms with E-state index in [-0.39, 0.29) is 0 Å². The number of aliphatic imine (C=N–C) groups is 1. The Bertz CT molecular complexity index is 495. The lowest BCUT2D eigenvalue weighted by Crippen LogP contribution is -1.91. The predicted octanol–water partition coefficient (Wildman–Crippen LogP) is 2.47. The molecule has 3 rings (SSSR count). The van der Waals surface area contributed by atoms with Gasteiger partial charge in [-0.3, -0.25) is 9.79 Å². The number of carbonyl (C=O) groups is 1. The summed E-state index contributed by atoms with van der Waals surface area (Å²) in [5.41, 5.74) is 3.67. The van der Waals surface area contributed by atoms with E-state index in [1.165, 1.54) is 24.1 Å². The van der Waals surface area contributed by atoms with Crippen LogP contribution in [0.4, 0.5) is 0 Å². The number of hydrogen-bond acceptors (Lipinski definition) is 3. The van der Waals surface area contributed by atoms with Crippen molar-refractivity contribution in [3.8, 4) is 5.75 Å². The lowest BCUT2D eigenvalue weighted by atomic mass is 10.1. The number of allylic oxidation sites excluding steroid dienone is 1. The quantitative estimate of drug-likeness (QED) is 0.741. The molecule has 17 heavy (non-hydrogen) atoms. The summed E-state index contributed by atoms with van der Waals surface area (Å²) in [4.78, 5) is 14.7. The molecule has 1 fully saturated rings. The minimum atomic E-state index is 0.443. The number of rotatable bonds is 4. The maximum absolute atomic E-state index is 10.2. The Kier molecular flexibility index (Phi) is 2.52. The van der Waals surface area contributed by atoms with Gasteiger partial charge in [-0.2, -0.15) is 0 Å². The van der Waals surface area contributed by atoms with Gasteiger partial charge in [0.25, 0.3) is 6.47 Å². The first kappa shape index (κ1) is 10.3. The summed E-state index contributed by atoms with van der Waals surface area (Å²) in [6.07, 6.45) is 4.77. The lowest BCUT2D eigenvalue weighted by Gasteiger charge is -2.02. The molecule has 1 aliphatic carbocycles. The Morgan fingerprint density at radius 1 is 1.24 bits per heavy atom. The molecule has 3 nitrogen and oxygen atoms in total. The second-order valence-electron chi connectivity index (χ2n) is 4.42. The van der Waals surface area contributed by atoms with Gasteiger partial charge >= 0.3 is 0 Å². The first-order chi connectivity index (χ1) is 8.36. The second kappa shape index (κ2) is 4.17. The zero-order valence-electron chi connectivity index (χ0n) is 9.43. The van der Waals surface area contributed by atoms with Gasteiger partial charge in [-0.15, -0.1) is 0 Å². The molecule has 0 radical (unpaired) electrons. The van der Waals surface area contributed by atoms with Crippen LogP contribution in [-0.4, -0.2) is 18.7 Å². The van der Waals surface area contributed by atoms with Crippen LogP contribution >= 0.6 is 0 Å². The van der Waals surface area contributed by atoms with Crippen LogP contribution in [0.15, 0.2) is 35.3 Å². The smallest absolute Gasteiger partial charge is 0.298 e. The summed E-state index contributed by atoms with van der Waals surface area (Å²) >= 11 is 0. The third kappa shape index (κ3) is 2.13. The van der Waals surface area contributed by atoms with E-state index in [4.69, 9.17) is 4.74 Å². The normalized spacial score (nSPS) is 18.6. The topological polar surface area (TPSA) is 38.7 Å². The first-order valence-corrected chi connectivity index (χ1v) is 5.82. The van der Waals surface area contributed by atoms with Gasteiger partial charge in [0, 0.05) is 11.6 Å². The summed E-state index contributed by atoms with van der Waals surface area (Å²) < 4.78 is 4.76. The van der Waals surface area contributed by atoms with E-state index < -0.39 is 0 Å². The average Bonchev–Trinajstić information content (AvgIpc) is 3.09. The minimum Gasteiger partial charge on any atom is -0.429 e. The SMILES string of the molecule is O=COc1ccc(C2=CC(C3CC3)=NC2)cc1. The van der Waals surface area contributed by atoms with E-state index in [2.05, 4.69) is 11.1 Å². The van der Waals surface area contributed by atoms with Crippen LogP contribution in [0.3, 0.4) is 0 Å². The third-order valence-electron chi connectivity index (χ3n) is 3.16. The van der Waals surface area contributed by atoms with Crippen molar-refractivity contribution in [2.45, 2.75) is 12.8 Å². The molecule has 1 aliphatic heterocycles. The Morgan fingerprint density at radius 2 is 2.00 bits per heavy atom. The zero-order valence-corrected chi connectivity index (χ0v) is 9.43. The standard InChI is InChI=1S/C14H13NO2/c16-9-17-13-5-3-10(4-6-13)12-7-14(15-8-12)11-1-2-11/h3-7,9,11H,1-2,8H2. The fraction of sp³-hybridized carbons (Fsp3) is 0.286. The van der Waals surface area contributed by atoms with E-state index in [1.807, 2.05) is 12.1 Å². The highest BCUT2D eigenvalue weighted by atomic mass is 16.5. The summed E-state index contributed by atoms with van der Waals surface area (Å²) in [5, 5.41) is 0. The molecular formula is C14H13NO2. The number of carbonyl (C=O) groups excluding carboxylic acids is 1. The van der Waals surface area contributed by atoms with Crippen LogP contribution in [-0.2, 0) is 4.79 Å². The van der Waals surface area contributed by atoms with Gasteiger partial charge < -0.3 is 4.74 Å². The summed E-state index contributed by atoms with van der Waals surface area (Å²) in [6.45, 7) is 1.22. The van der Waals surface area contributed by atoms with Crippen LogP contribution in [0.5, 0.6) is 5.75 Å². The maximum Gasteiger partial charge on any atom is 0.298 e. The van der Waals surface area contributed by atoms with E-state index in [0.29, 0.717) is 18.1 Å². The number of hydrogen-bond donors (Lipinski definition) is 0. The van der Waals surface area contributed by atoms with Gasteiger partial charge in [0.15, 0.2) is 0 Å². The molecule has 0 bridgehead atoms. The van der Waals surface area contributed by atoms with Crippen molar-refractivity contribution in [2.24, 2.45) is 10.9 Å². The minimum absolute atomic E-state index is 0.443. The molecule has 1 heterocycles. The Labute approximate surface area is 99.8 Å². The van der Waals surface area contributed by atoms with Crippen molar-refractivity contribution in [3.63, 3.8) is 0 Å². The second-order valence-corrected chi connectivity index (χ2v) is 4.42. The molecule has 3 heteroatoms. The van der Waals surface area contributed by atoms with E-state index >= 15 is 0 Å². The molecule has 86 valence electrons. The van der Waals surface area contributed by atoms with Crippen molar-refractivity contribution < 1.29 is 9.53 Å². The number of benzene rings is 1. The fourth-order valence-corrected chi connectivity index (χ4v) is 2.05. The molecule has 1 aromatic carbocycles. The Balaban J connectivity index is 1.76. The molecule has 0 aromatic heterocycles. The summed E-state index contributed by atoms with van der Waals surface area (Å²) in [7, 11) is 0. The predicted molar refractivity (Wildman–Crippen MR) is 66.1 cm³/mol. The monoisotopic (exact) mass is 227 g/mol. The van der Waals surface area contributed by atoms with E-state index in [0.717, 1.165) is 12.1 Å². The molecule has 0 amide bonds.